The van der Waals surface area contributed by atoms with Crippen molar-refractivity contribution in [2.24, 2.45) is 23.7 Å². The number of carboxylic acids is 1. The highest BCUT2D eigenvalue weighted by molar-refractivity contribution is 9.11. The SMILES string of the molecule is C1CCOC1.CC(=O)[C@H]1C[C@@H]1c1ccc(Br)cc1.CCCCNC.CC[C@H]1C[C@@H]1c1ccc(-n2ncccc2=O)cc1.CC[C@H]1C[C@@H]1c1ccc(Br)cc1.O=C(O)[C@H]1C[C@@H]1c1ccc(Br)cc1.O=c1cccn[nH]1.[B]. The Kier molecular flexibility index (Phi) is 27.9. The zero-order valence-corrected chi connectivity index (χ0v) is 48.8. The van der Waals surface area contributed by atoms with Crippen LogP contribution in [0.5, 0.6) is 0 Å². The maximum absolute atomic E-state index is 11.6. The first-order valence-electron chi connectivity index (χ1n) is 26.1. The molecule has 3 N–H and O–H groups in total. The number of hydrogen-bond acceptors (Lipinski definition) is 8. The molecule has 1 saturated heterocycles. The van der Waals surface area contributed by atoms with Gasteiger partial charge in [0, 0.05) is 65.5 Å². The lowest BCUT2D eigenvalue weighted by atomic mass is 10.1. The summed E-state index contributed by atoms with van der Waals surface area (Å²) in [6.45, 7) is 11.6. The van der Waals surface area contributed by atoms with Crippen LogP contribution < -0.4 is 16.4 Å². The van der Waals surface area contributed by atoms with Crippen molar-refractivity contribution >= 4 is 68.0 Å². The highest BCUT2D eigenvalue weighted by Gasteiger charge is 2.44. The molecule has 3 heterocycles. The number of rotatable bonds is 12. The van der Waals surface area contributed by atoms with Gasteiger partial charge < -0.3 is 15.2 Å². The summed E-state index contributed by atoms with van der Waals surface area (Å²) in [6, 6.07) is 39.3. The Hall–Kier alpha value is -4.80. The number of nitrogens with one attached hydrogen (secondary N) is 2. The molecule has 0 amide bonds. The number of carbonyl (C=O) groups excluding carboxylic acids is 1. The van der Waals surface area contributed by atoms with Crippen LogP contribution in [0.2, 0.25) is 0 Å². The van der Waals surface area contributed by atoms with E-state index in [1.807, 2.05) is 55.6 Å². The second-order valence-electron chi connectivity index (χ2n) is 19.3. The Labute approximate surface area is 471 Å². The van der Waals surface area contributed by atoms with Crippen molar-refractivity contribution in [2.45, 2.75) is 116 Å². The molecule has 0 spiro atoms. The number of aliphatic carboxylic acids is 1. The van der Waals surface area contributed by atoms with Gasteiger partial charge in [-0.25, -0.2) is 5.10 Å². The quantitative estimate of drug-likeness (QED) is 0.0802. The lowest BCUT2D eigenvalue weighted by molar-refractivity contribution is -0.138. The minimum Gasteiger partial charge on any atom is -0.481 e. The van der Waals surface area contributed by atoms with Gasteiger partial charge in [0.15, 0.2) is 0 Å². The Morgan fingerprint density at radius 2 is 1.11 bits per heavy atom. The topological polar surface area (TPSA) is 156 Å². The van der Waals surface area contributed by atoms with E-state index in [4.69, 9.17) is 9.84 Å². The minimum atomic E-state index is -0.673. The van der Waals surface area contributed by atoms with Gasteiger partial charge in [-0.2, -0.15) is 14.9 Å². The normalized spacial score (nSPS) is 21.6. The van der Waals surface area contributed by atoms with E-state index >= 15 is 0 Å². The van der Waals surface area contributed by atoms with Crippen molar-refractivity contribution in [3.8, 4) is 5.69 Å². The molecule has 4 aliphatic carbocycles. The van der Waals surface area contributed by atoms with E-state index < -0.39 is 5.97 Å². The number of nitrogens with zero attached hydrogens (tertiary/aromatic N) is 3. The first kappa shape index (κ1) is 62.7. The fraction of sp³-hybridized carbons (Fsp3) is 0.433. The number of hydrogen-bond donors (Lipinski definition) is 3. The Morgan fingerprint density at radius 3 is 1.41 bits per heavy atom. The molecule has 2 aromatic heterocycles. The molecule has 4 saturated carbocycles. The molecule has 399 valence electrons. The summed E-state index contributed by atoms with van der Waals surface area (Å²) in [5.74, 6) is 3.94. The Morgan fingerprint density at radius 1 is 0.653 bits per heavy atom. The molecule has 11 nitrogen and oxygen atoms in total. The molecule has 75 heavy (non-hydrogen) atoms. The van der Waals surface area contributed by atoms with Gasteiger partial charge in [0.1, 0.15) is 5.78 Å². The number of aromatic amines is 1. The average molecular weight is 1210 g/mol. The number of Topliss-reactive ketones (excluding diaryl/α,β-unsaturated/α-hetero) is 1. The number of ether oxygens (including phenoxy) is 1. The zero-order chi connectivity index (χ0) is 53.4. The monoisotopic (exact) mass is 1210 g/mol. The van der Waals surface area contributed by atoms with Crippen molar-refractivity contribution in [3.63, 3.8) is 0 Å². The molecule has 0 bridgehead atoms. The van der Waals surface area contributed by atoms with Crippen LogP contribution in [-0.2, 0) is 14.3 Å². The molecule has 0 unspecified atom stereocenters. The number of ketones is 1. The zero-order valence-electron chi connectivity index (χ0n) is 44.1. The molecule has 6 aromatic rings. The molecular formula is C60H74BBr3N5O6. The van der Waals surface area contributed by atoms with Gasteiger partial charge in [0.05, 0.1) is 11.6 Å². The fourth-order valence-corrected chi connectivity index (χ4v) is 9.58. The van der Waals surface area contributed by atoms with Crippen LogP contribution in [0.25, 0.3) is 5.69 Å². The van der Waals surface area contributed by atoms with E-state index in [1.54, 1.807) is 25.3 Å². The van der Waals surface area contributed by atoms with Crippen molar-refractivity contribution in [1.82, 2.24) is 25.3 Å². The minimum absolute atomic E-state index is 0. The van der Waals surface area contributed by atoms with Crippen molar-refractivity contribution in [1.29, 1.82) is 0 Å². The molecule has 1 aliphatic heterocycles. The third-order valence-electron chi connectivity index (χ3n) is 13.7. The van der Waals surface area contributed by atoms with E-state index in [9.17, 15) is 19.2 Å². The number of benzene rings is 4. The lowest BCUT2D eigenvalue weighted by Gasteiger charge is -2.05. The smallest absolute Gasteiger partial charge is 0.307 e. The van der Waals surface area contributed by atoms with Gasteiger partial charge in [-0.05, 0) is 184 Å². The largest absolute Gasteiger partial charge is 0.481 e. The lowest BCUT2D eigenvalue weighted by Crippen LogP contribution is -2.18. The molecule has 15 heteroatoms. The first-order valence-corrected chi connectivity index (χ1v) is 28.5. The second kappa shape index (κ2) is 33.4. The predicted molar refractivity (Wildman–Crippen MR) is 314 cm³/mol. The average Bonchev–Trinajstić information content (AvgIpc) is 4.25. The van der Waals surface area contributed by atoms with Gasteiger partial charge in [0.2, 0.25) is 0 Å². The van der Waals surface area contributed by atoms with E-state index in [1.165, 1.54) is 95.5 Å². The van der Waals surface area contributed by atoms with E-state index in [-0.39, 0.29) is 31.4 Å². The summed E-state index contributed by atoms with van der Waals surface area (Å²) < 4.78 is 9.67. The van der Waals surface area contributed by atoms with E-state index in [0.29, 0.717) is 17.6 Å². The third-order valence-corrected chi connectivity index (χ3v) is 15.3. The van der Waals surface area contributed by atoms with Gasteiger partial charge in [-0.1, -0.05) is 136 Å². The molecular weight excluding hydrogens is 1140 g/mol. The molecule has 11 rings (SSSR count). The maximum Gasteiger partial charge on any atom is 0.307 e. The second-order valence-corrected chi connectivity index (χ2v) is 22.0. The Balaban J connectivity index is 0.000000196. The van der Waals surface area contributed by atoms with Crippen molar-refractivity contribution in [3.05, 3.63) is 190 Å². The predicted octanol–water partition coefficient (Wildman–Crippen LogP) is 13.7. The van der Waals surface area contributed by atoms with Crippen LogP contribution in [0.4, 0.5) is 0 Å². The highest BCUT2D eigenvalue weighted by atomic mass is 79.9. The summed E-state index contributed by atoms with van der Waals surface area (Å²) in [5.41, 5.74) is 5.90. The van der Waals surface area contributed by atoms with Gasteiger partial charge in [-0.15, -0.1) is 0 Å². The van der Waals surface area contributed by atoms with E-state index in [2.05, 4.69) is 138 Å². The van der Waals surface area contributed by atoms with Crippen molar-refractivity contribution in [2.75, 3.05) is 26.8 Å². The van der Waals surface area contributed by atoms with Gasteiger partial charge in [0.25, 0.3) is 11.1 Å². The van der Waals surface area contributed by atoms with Crippen LogP contribution >= 0.6 is 47.8 Å². The summed E-state index contributed by atoms with van der Waals surface area (Å²) in [6.07, 6.45) is 15.4. The van der Waals surface area contributed by atoms with Crippen LogP contribution in [0, 0.1) is 23.7 Å². The summed E-state index contributed by atoms with van der Waals surface area (Å²) in [4.78, 5) is 43.5. The molecule has 4 aromatic carbocycles. The first-order chi connectivity index (χ1) is 35.8. The maximum atomic E-state index is 11.6. The van der Waals surface area contributed by atoms with Gasteiger partial charge in [-0.3, -0.25) is 19.2 Å². The number of carbonyl (C=O) groups is 2. The molecule has 8 atom stereocenters. The summed E-state index contributed by atoms with van der Waals surface area (Å²) in [5, 5.41) is 21.5. The number of aromatic nitrogens is 4. The highest BCUT2D eigenvalue weighted by Crippen LogP contribution is 2.51. The summed E-state index contributed by atoms with van der Waals surface area (Å²) in [7, 11) is 1.98. The molecule has 5 aliphatic rings. The number of carboxylic acid groups (broad SMARTS) is 1. The summed E-state index contributed by atoms with van der Waals surface area (Å²) >= 11 is 10.2. The van der Waals surface area contributed by atoms with Crippen molar-refractivity contribution < 1.29 is 19.4 Å². The Bertz CT molecular complexity index is 2600. The molecule has 3 radical (unpaired) electrons. The van der Waals surface area contributed by atoms with Crippen LogP contribution in [-0.4, -0.2) is 72.1 Å². The van der Waals surface area contributed by atoms with E-state index in [0.717, 1.165) is 76.5 Å². The van der Waals surface area contributed by atoms with Gasteiger partial charge >= 0.3 is 5.97 Å². The number of H-pyrrole nitrogens is 1. The number of halogens is 3. The fourth-order valence-electron chi connectivity index (χ4n) is 8.78. The van der Waals surface area contributed by atoms with Crippen LogP contribution in [0.3, 0.4) is 0 Å². The standard InChI is InChI=1S/C15H16N2O.C11H11BrO.C11H13Br.C10H9BrO2.C5H13N.C4H4N2O.C4H8O.B/c1-2-11-10-14(11)12-5-7-13(8-6-12)17-15(18)4-3-9-16-17;1-7(13)10-6-11(10)8-2-4-9(12)5-3-8;1-2-8-7-11(8)9-3-5-10(12)6-4-9;11-7-3-1-6(2-4-7)8-5-9(8)10(12)13;1-3-4-5-6-2;7-4-2-1-3-5-6-4;1-2-4-5-3-1;/h3-9,11,14H,2,10H2,1H3;2-5,10-11H,6H2,1H3;3-6,8,11H,2,7H2,1H3;1-4,8-9H,5H2,(H,12,13);6H,3-5H2,1-2H3;1-3H,(H,6,7);1-4H2;/t11-,14-;10-,11-;8-,11-;8-,9+;;;;/m0101..../s1. The van der Waals surface area contributed by atoms with Crippen LogP contribution in [0.15, 0.2) is 157 Å². The molecule has 5 fully saturated rings. The number of unbranched alkanes of at least 4 members (excludes halogenated alkanes) is 1. The van der Waals surface area contributed by atoms with Crippen LogP contribution in [0.1, 0.15) is 138 Å². The third kappa shape index (κ3) is 22.4.